The van der Waals surface area contributed by atoms with Gasteiger partial charge in [-0.05, 0) is 12.3 Å². The maximum absolute atomic E-state index is 4.82. The zero-order valence-electron chi connectivity index (χ0n) is 14.8. The van der Waals surface area contributed by atoms with Crippen molar-refractivity contribution in [3.05, 3.63) is 28.3 Å². The van der Waals surface area contributed by atoms with E-state index in [9.17, 15) is 0 Å². The van der Waals surface area contributed by atoms with E-state index in [2.05, 4.69) is 45.9 Å². The molecule has 0 aromatic carbocycles. The summed E-state index contributed by atoms with van der Waals surface area (Å²) >= 11 is 3.37. The van der Waals surface area contributed by atoms with Gasteiger partial charge in [0.2, 0.25) is 0 Å². The molecule has 3 heterocycles. The van der Waals surface area contributed by atoms with Crippen molar-refractivity contribution in [3.8, 4) is 0 Å². The standard InChI is InChI=1S/C17H25N5S2/c1-17(2,3)13-12-24-15(19-13)11-21-7-9-22(10-8-21)14-5-6-18-16(20-14)23-4/h5-6,12H,7-11H2,1-4H3. The molecule has 0 spiro atoms. The molecule has 0 amide bonds. The lowest BCUT2D eigenvalue weighted by molar-refractivity contribution is 0.248. The molecule has 1 fully saturated rings. The molecule has 7 heteroatoms. The lowest BCUT2D eigenvalue weighted by Gasteiger charge is -2.35. The third-order valence-electron chi connectivity index (χ3n) is 4.18. The number of rotatable bonds is 4. The van der Waals surface area contributed by atoms with E-state index in [1.165, 1.54) is 10.7 Å². The molecule has 130 valence electrons. The van der Waals surface area contributed by atoms with Crippen LogP contribution in [0.1, 0.15) is 31.5 Å². The van der Waals surface area contributed by atoms with Gasteiger partial charge >= 0.3 is 0 Å². The van der Waals surface area contributed by atoms with Gasteiger partial charge in [-0.1, -0.05) is 32.5 Å². The summed E-state index contributed by atoms with van der Waals surface area (Å²) in [5, 5.41) is 4.27. The maximum atomic E-state index is 4.82. The molecule has 0 bridgehead atoms. The van der Waals surface area contributed by atoms with Crippen molar-refractivity contribution in [3.63, 3.8) is 0 Å². The van der Waals surface area contributed by atoms with Crippen molar-refractivity contribution >= 4 is 28.9 Å². The van der Waals surface area contributed by atoms with Gasteiger partial charge in [-0.15, -0.1) is 11.3 Å². The molecule has 3 rings (SSSR count). The molecule has 0 saturated carbocycles. The second kappa shape index (κ2) is 7.37. The van der Waals surface area contributed by atoms with E-state index in [-0.39, 0.29) is 5.41 Å². The fourth-order valence-electron chi connectivity index (χ4n) is 2.66. The number of aromatic nitrogens is 3. The summed E-state index contributed by atoms with van der Waals surface area (Å²) < 4.78 is 0. The first-order chi connectivity index (χ1) is 11.5. The van der Waals surface area contributed by atoms with E-state index in [4.69, 9.17) is 4.98 Å². The van der Waals surface area contributed by atoms with Crippen LogP contribution < -0.4 is 4.90 Å². The molecule has 1 aliphatic rings. The highest BCUT2D eigenvalue weighted by Crippen LogP contribution is 2.25. The molecule has 1 saturated heterocycles. The van der Waals surface area contributed by atoms with Gasteiger partial charge in [-0.25, -0.2) is 15.0 Å². The van der Waals surface area contributed by atoms with Crippen LogP contribution in [0.25, 0.3) is 0 Å². The predicted molar refractivity (Wildman–Crippen MR) is 102 cm³/mol. The third kappa shape index (κ3) is 4.26. The first kappa shape index (κ1) is 17.6. The van der Waals surface area contributed by atoms with Crippen LogP contribution >= 0.6 is 23.1 Å². The molecule has 0 atom stereocenters. The zero-order chi connectivity index (χ0) is 17.2. The summed E-state index contributed by atoms with van der Waals surface area (Å²) in [4.78, 5) is 18.5. The topological polar surface area (TPSA) is 45.2 Å². The smallest absolute Gasteiger partial charge is 0.189 e. The molecule has 0 unspecified atom stereocenters. The van der Waals surface area contributed by atoms with E-state index < -0.39 is 0 Å². The number of nitrogens with zero attached hydrogens (tertiary/aromatic N) is 5. The summed E-state index contributed by atoms with van der Waals surface area (Å²) in [7, 11) is 0. The van der Waals surface area contributed by atoms with Gasteiger partial charge in [0.25, 0.3) is 0 Å². The summed E-state index contributed by atoms with van der Waals surface area (Å²) in [6.07, 6.45) is 3.86. The zero-order valence-corrected chi connectivity index (χ0v) is 16.5. The number of anilines is 1. The highest BCUT2D eigenvalue weighted by Gasteiger charge is 2.21. The van der Waals surface area contributed by atoms with Crippen LogP contribution in [-0.4, -0.2) is 52.3 Å². The number of hydrogen-bond donors (Lipinski definition) is 0. The second-order valence-corrected chi connectivity index (χ2v) is 8.76. The van der Waals surface area contributed by atoms with Crippen molar-refractivity contribution in [2.75, 3.05) is 37.3 Å². The summed E-state index contributed by atoms with van der Waals surface area (Å²) in [6, 6.07) is 2.01. The second-order valence-electron chi connectivity index (χ2n) is 7.04. The van der Waals surface area contributed by atoms with Crippen LogP contribution in [0, 0.1) is 0 Å². The Labute approximate surface area is 152 Å². The minimum Gasteiger partial charge on any atom is -0.354 e. The first-order valence-corrected chi connectivity index (χ1v) is 10.4. The van der Waals surface area contributed by atoms with Gasteiger partial charge in [-0.3, -0.25) is 4.90 Å². The van der Waals surface area contributed by atoms with Crippen molar-refractivity contribution < 1.29 is 0 Å². The van der Waals surface area contributed by atoms with Gasteiger partial charge in [0, 0.05) is 43.2 Å². The minimum atomic E-state index is 0.134. The normalized spacial score (nSPS) is 16.6. The number of piperazine rings is 1. The van der Waals surface area contributed by atoms with Gasteiger partial charge in [0.05, 0.1) is 12.2 Å². The number of thioether (sulfide) groups is 1. The number of thiazole rings is 1. The van der Waals surface area contributed by atoms with E-state index in [1.807, 2.05) is 18.5 Å². The monoisotopic (exact) mass is 363 g/mol. The Morgan fingerprint density at radius 1 is 1.17 bits per heavy atom. The Morgan fingerprint density at radius 3 is 2.54 bits per heavy atom. The quantitative estimate of drug-likeness (QED) is 0.614. The average molecular weight is 364 g/mol. The van der Waals surface area contributed by atoms with Gasteiger partial charge in [0.1, 0.15) is 10.8 Å². The Morgan fingerprint density at radius 2 is 1.92 bits per heavy atom. The lowest BCUT2D eigenvalue weighted by atomic mass is 9.93. The molecular formula is C17H25N5S2. The van der Waals surface area contributed by atoms with E-state index in [1.54, 1.807) is 23.1 Å². The average Bonchev–Trinajstić information content (AvgIpc) is 3.04. The highest BCUT2D eigenvalue weighted by atomic mass is 32.2. The molecular weight excluding hydrogens is 338 g/mol. The molecule has 0 radical (unpaired) electrons. The van der Waals surface area contributed by atoms with E-state index in [0.717, 1.165) is 43.7 Å². The Balaban J connectivity index is 1.56. The maximum Gasteiger partial charge on any atom is 0.189 e. The summed E-state index contributed by atoms with van der Waals surface area (Å²) in [6.45, 7) is 11.7. The van der Waals surface area contributed by atoms with Crippen molar-refractivity contribution in [2.45, 2.75) is 37.9 Å². The van der Waals surface area contributed by atoms with Crippen LogP contribution in [0.5, 0.6) is 0 Å². The van der Waals surface area contributed by atoms with Crippen molar-refractivity contribution in [2.24, 2.45) is 0 Å². The molecule has 5 nitrogen and oxygen atoms in total. The molecule has 2 aromatic heterocycles. The van der Waals surface area contributed by atoms with E-state index in [0.29, 0.717) is 0 Å². The summed E-state index contributed by atoms with van der Waals surface area (Å²) in [5.74, 6) is 1.04. The van der Waals surface area contributed by atoms with Crippen LogP contribution in [0.3, 0.4) is 0 Å². The Kier molecular flexibility index (Phi) is 5.42. The fraction of sp³-hybridized carbons (Fsp3) is 0.588. The Hall–Kier alpha value is -1.18. The van der Waals surface area contributed by atoms with Gasteiger partial charge < -0.3 is 4.90 Å². The lowest BCUT2D eigenvalue weighted by Crippen LogP contribution is -2.46. The Bertz CT molecular complexity index is 672. The third-order valence-corrected chi connectivity index (χ3v) is 5.57. The predicted octanol–water partition coefficient (Wildman–Crippen LogP) is 3.27. The molecule has 2 aromatic rings. The van der Waals surface area contributed by atoms with Gasteiger partial charge in [-0.2, -0.15) is 0 Å². The van der Waals surface area contributed by atoms with Gasteiger partial charge in [0.15, 0.2) is 5.16 Å². The summed E-state index contributed by atoms with van der Waals surface area (Å²) in [5.41, 5.74) is 1.34. The molecule has 0 aliphatic carbocycles. The minimum absolute atomic E-state index is 0.134. The van der Waals surface area contributed by atoms with Crippen LogP contribution in [0.4, 0.5) is 5.82 Å². The van der Waals surface area contributed by atoms with Crippen LogP contribution in [0.15, 0.2) is 22.8 Å². The molecule has 0 N–H and O–H groups in total. The largest absolute Gasteiger partial charge is 0.354 e. The SMILES string of the molecule is CSc1nccc(N2CCN(Cc3nc(C(C)(C)C)cs3)CC2)n1. The highest BCUT2D eigenvalue weighted by molar-refractivity contribution is 7.98. The van der Waals surface area contributed by atoms with E-state index >= 15 is 0 Å². The van der Waals surface area contributed by atoms with Crippen molar-refractivity contribution in [1.29, 1.82) is 0 Å². The number of hydrogen-bond acceptors (Lipinski definition) is 7. The molecule has 1 aliphatic heterocycles. The first-order valence-electron chi connectivity index (χ1n) is 8.25. The molecule has 24 heavy (non-hydrogen) atoms. The van der Waals surface area contributed by atoms with Crippen LogP contribution in [0.2, 0.25) is 0 Å². The fourth-order valence-corrected chi connectivity index (χ4v) is 4.07. The van der Waals surface area contributed by atoms with Crippen LogP contribution in [-0.2, 0) is 12.0 Å². The van der Waals surface area contributed by atoms with Crippen molar-refractivity contribution in [1.82, 2.24) is 19.9 Å².